The molecule has 4 rings (SSSR count). The maximum Gasteiger partial charge on any atom is 0.261 e. The molecule has 0 saturated heterocycles. The van der Waals surface area contributed by atoms with Crippen LogP contribution in [0.2, 0.25) is 0 Å². The number of nitrogens with one attached hydrogen (secondary N) is 2. The van der Waals surface area contributed by atoms with E-state index in [1.165, 1.54) is 42.1 Å². The molecule has 0 aliphatic carbocycles. The van der Waals surface area contributed by atoms with E-state index in [4.69, 9.17) is 4.74 Å². The number of hydrogen-bond donors (Lipinski definition) is 2. The van der Waals surface area contributed by atoms with Crippen molar-refractivity contribution in [3.63, 3.8) is 0 Å². The summed E-state index contributed by atoms with van der Waals surface area (Å²) in [5.41, 5.74) is 1.04. The van der Waals surface area contributed by atoms with Gasteiger partial charge in [-0.05, 0) is 55.5 Å². The lowest BCUT2D eigenvalue weighted by molar-refractivity contribution is -0.116. The fourth-order valence-corrected chi connectivity index (χ4v) is 3.47. The number of aromatic nitrogens is 2. The quantitative estimate of drug-likeness (QED) is 0.456. The molecule has 8 nitrogen and oxygen atoms in total. The van der Waals surface area contributed by atoms with Crippen LogP contribution in [0.4, 0.5) is 15.8 Å². The van der Waals surface area contributed by atoms with Crippen molar-refractivity contribution in [2.24, 2.45) is 0 Å². The SMILES string of the molecule is COc1ccccc1NC(=O)Cn1cc(C(=O)Nc2ccc(F)cc2)c(=O)c2ccc(C)nc21. The van der Waals surface area contributed by atoms with Crippen LogP contribution in [0.5, 0.6) is 5.75 Å². The van der Waals surface area contributed by atoms with Gasteiger partial charge in [0.2, 0.25) is 11.3 Å². The Morgan fingerprint density at radius 3 is 2.50 bits per heavy atom. The molecule has 0 radical (unpaired) electrons. The highest BCUT2D eigenvalue weighted by molar-refractivity contribution is 6.05. The normalized spacial score (nSPS) is 10.7. The van der Waals surface area contributed by atoms with Gasteiger partial charge in [-0.2, -0.15) is 0 Å². The Balaban J connectivity index is 1.70. The van der Waals surface area contributed by atoms with Gasteiger partial charge >= 0.3 is 0 Å². The van der Waals surface area contributed by atoms with Gasteiger partial charge in [0.15, 0.2) is 0 Å². The van der Waals surface area contributed by atoms with Crippen molar-refractivity contribution in [3.05, 3.63) is 94.2 Å². The second kappa shape index (κ2) is 9.53. The molecule has 0 saturated carbocycles. The zero-order chi connectivity index (χ0) is 24.2. The van der Waals surface area contributed by atoms with Crippen LogP contribution in [0.1, 0.15) is 16.1 Å². The minimum atomic E-state index is -0.682. The summed E-state index contributed by atoms with van der Waals surface area (Å²) in [6.45, 7) is 1.56. The number of aryl methyl sites for hydroxylation is 1. The zero-order valence-electron chi connectivity index (χ0n) is 18.5. The van der Waals surface area contributed by atoms with E-state index in [2.05, 4.69) is 15.6 Å². The van der Waals surface area contributed by atoms with E-state index in [1.807, 2.05) is 0 Å². The Morgan fingerprint density at radius 2 is 1.76 bits per heavy atom. The highest BCUT2D eigenvalue weighted by Gasteiger charge is 2.18. The number of carbonyl (C=O) groups is 2. The first kappa shape index (κ1) is 22.7. The van der Waals surface area contributed by atoms with Gasteiger partial charge in [0.1, 0.15) is 29.3 Å². The third kappa shape index (κ3) is 4.78. The molecular weight excluding hydrogens is 439 g/mol. The summed E-state index contributed by atoms with van der Waals surface area (Å²) < 4.78 is 19.9. The largest absolute Gasteiger partial charge is 0.495 e. The van der Waals surface area contributed by atoms with Crippen molar-refractivity contribution in [2.45, 2.75) is 13.5 Å². The number of hydrogen-bond acceptors (Lipinski definition) is 5. The van der Waals surface area contributed by atoms with Crippen LogP contribution in [-0.2, 0) is 11.3 Å². The van der Waals surface area contributed by atoms with Crippen molar-refractivity contribution in [1.29, 1.82) is 0 Å². The molecule has 0 spiro atoms. The number of methoxy groups -OCH3 is 1. The molecule has 0 bridgehead atoms. The van der Waals surface area contributed by atoms with E-state index in [0.717, 1.165) is 0 Å². The van der Waals surface area contributed by atoms with Crippen LogP contribution in [-0.4, -0.2) is 28.5 Å². The van der Waals surface area contributed by atoms with Gasteiger partial charge in [-0.25, -0.2) is 9.37 Å². The first-order chi connectivity index (χ1) is 16.4. The fraction of sp³-hybridized carbons (Fsp3) is 0.120. The van der Waals surface area contributed by atoms with Gasteiger partial charge in [-0.1, -0.05) is 12.1 Å². The Hall–Kier alpha value is -4.53. The lowest BCUT2D eigenvalue weighted by Gasteiger charge is -2.14. The van der Waals surface area contributed by atoms with Crippen molar-refractivity contribution in [3.8, 4) is 5.75 Å². The third-order valence-electron chi connectivity index (χ3n) is 5.10. The molecule has 0 atom stereocenters. The van der Waals surface area contributed by atoms with E-state index < -0.39 is 23.1 Å². The number of benzene rings is 2. The maximum absolute atomic E-state index is 13.2. The summed E-state index contributed by atoms with van der Waals surface area (Å²) in [6, 6.07) is 15.4. The zero-order valence-corrected chi connectivity index (χ0v) is 18.5. The number of anilines is 2. The van der Waals surface area contributed by atoms with Crippen LogP contribution >= 0.6 is 0 Å². The van der Waals surface area contributed by atoms with Gasteiger partial charge in [0.05, 0.1) is 18.2 Å². The van der Waals surface area contributed by atoms with Crippen LogP contribution in [0.25, 0.3) is 11.0 Å². The monoisotopic (exact) mass is 460 g/mol. The van der Waals surface area contributed by atoms with Crippen LogP contribution < -0.4 is 20.8 Å². The predicted octanol–water partition coefficient (Wildman–Crippen LogP) is 3.74. The number of halogens is 1. The minimum absolute atomic E-state index is 0.174. The van der Waals surface area contributed by atoms with Gasteiger partial charge in [-0.3, -0.25) is 14.4 Å². The molecule has 0 unspecified atom stereocenters. The molecule has 9 heteroatoms. The van der Waals surface area contributed by atoms with Crippen molar-refractivity contribution >= 4 is 34.2 Å². The highest BCUT2D eigenvalue weighted by Crippen LogP contribution is 2.23. The van der Waals surface area contributed by atoms with E-state index in [1.54, 1.807) is 43.3 Å². The van der Waals surface area contributed by atoms with E-state index in [9.17, 15) is 18.8 Å². The topological polar surface area (TPSA) is 102 Å². The van der Waals surface area contributed by atoms with Crippen LogP contribution in [0, 0.1) is 12.7 Å². The fourth-order valence-electron chi connectivity index (χ4n) is 3.47. The Kier molecular flexibility index (Phi) is 6.35. The number of amides is 2. The Morgan fingerprint density at radius 1 is 1.03 bits per heavy atom. The molecule has 172 valence electrons. The summed E-state index contributed by atoms with van der Waals surface area (Å²) in [6.07, 6.45) is 1.30. The molecule has 0 fully saturated rings. The molecule has 2 amide bonds. The van der Waals surface area contributed by atoms with E-state index in [-0.39, 0.29) is 23.1 Å². The van der Waals surface area contributed by atoms with Gasteiger partial charge in [0, 0.05) is 17.6 Å². The summed E-state index contributed by atoms with van der Waals surface area (Å²) in [5, 5.41) is 5.55. The molecule has 2 heterocycles. The van der Waals surface area contributed by atoms with Crippen LogP contribution in [0.15, 0.2) is 71.7 Å². The van der Waals surface area contributed by atoms with Crippen molar-refractivity contribution < 1.29 is 18.7 Å². The van der Waals surface area contributed by atoms with Crippen LogP contribution in [0.3, 0.4) is 0 Å². The van der Waals surface area contributed by atoms with E-state index in [0.29, 0.717) is 22.8 Å². The van der Waals surface area contributed by atoms with Gasteiger partial charge in [-0.15, -0.1) is 0 Å². The molecule has 34 heavy (non-hydrogen) atoms. The smallest absolute Gasteiger partial charge is 0.261 e. The minimum Gasteiger partial charge on any atom is -0.495 e. The first-order valence-electron chi connectivity index (χ1n) is 10.4. The lowest BCUT2D eigenvalue weighted by atomic mass is 10.1. The number of nitrogens with zero attached hydrogens (tertiary/aromatic N) is 2. The van der Waals surface area contributed by atoms with E-state index >= 15 is 0 Å². The maximum atomic E-state index is 13.2. The summed E-state index contributed by atoms with van der Waals surface area (Å²) in [5.74, 6) is -1.04. The standard InChI is InChI=1S/C25H21FN4O4/c1-15-7-12-18-23(32)19(25(33)28-17-10-8-16(26)9-11-17)13-30(24(18)27-15)14-22(31)29-20-5-3-4-6-21(20)34-2/h3-13H,14H2,1-2H3,(H,28,33)(H,29,31). The highest BCUT2D eigenvalue weighted by atomic mass is 19.1. The van der Waals surface area contributed by atoms with Crippen molar-refractivity contribution in [1.82, 2.24) is 9.55 Å². The Bertz CT molecular complexity index is 1450. The van der Waals surface area contributed by atoms with Gasteiger partial charge < -0.3 is 19.9 Å². The molecule has 2 N–H and O–H groups in total. The molecule has 2 aromatic carbocycles. The molecule has 0 aliphatic heterocycles. The average molecular weight is 460 g/mol. The number of fused-ring (bicyclic) bond motifs is 1. The molecular formula is C25H21FN4O4. The first-order valence-corrected chi connectivity index (χ1v) is 10.4. The molecule has 2 aromatic heterocycles. The number of carbonyl (C=O) groups excluding carboxylic acids is 2. The molecule has 4 aromatic rings. The third-order valence-corrected chi connectivity index (χ3v) is 5.10. The number of rotatable bonds is 6. The number of ether oxygens (including phenoxy) is 1. The lowest BCUT2D eigenvalue weighted by Crippen LogP contribution is -2.27. The Labute approximate surface area is 194 Å². The average Bonchev–Trinajstić information content (AvgIpc) is 2.82. The second-order valence-electron chi connectivity index (χ2n) is 7.53. The number of pyridine rings is 2. The summed E-state index contributed by atoms with van der Waals surface area (Å²) in [7, 11) is 1.50. The molecule has 0 aliphatic rings. The van der Waals surface area contributed by atoms with Crippen molar-refractivity contribution in [2.75, 3.05) is 17.7 Å². The van der Waals surface area contributed by atoms with Gasteiger partial charge in [0.25, 0.3) is 5.91 Å². The second-order valence-corrected chi connectivity index (χ2v) is 7.53. The summed E-state index contributed by atoms with van der Waals surface area (Å²) >= 11 is 0. The predicted molar refractivity (Wildman–Crippen MR) is 127 cm³/mol. The number of para-hydroxylation sites is 2. The summed E-state index contributed by atoms with van der Waals surface area (Å²) in [4.78, 5) is 43.2.